The Morgan fingerprint density at radius 3 is 2.83 bits per heavy atom. The van der Waals surface area contributed by atoms with E-state index in [4.69, 9.17) is 5.73 Å². The van der Waals surface area contributed by atoms with Gasteiger partial charge in [0, 0.05) is 18.0 Å². The van der Waals surface area contributed by atoms with Crippen molar-refractivity contribution in [2.75, 3.05) is 12.3 Å². The average Bonchev–Trinajstić information content (AvgIpc) is 2.31. The topological polar surface area (TPSA) is 43.8 Å². The summed E-state index contributed by atoms with van der Waals surface area (Å²) in [4.78, 5) is 0. The van der Waals surface area contributed by atoms with E-state index in [-0.39, 0.29) is 0 Å². The van der Waals surface area contributed by atoms with Crippen LogP contribution in [-0.2, 0) is 5.88 Å². The Labute approximate surface area is 77.3 Å². The summed E-state index contributed by atoms with van der Waals surface area (Å²) in [5, 5.41) is 4.34. The van der Waals surface area contributed by atoms with E-state index in [0.29, 0.717) is 0 Å². The van der Waals surface area contributed by atoms with Crippen LogP contribution < -0.4 is 5.73 Å². The Bertz CT molecular complexity index is 244. The van der Waals surface area contributed by atoms with Gasteiger partial charge in [0.05, 0.1) is 11.6 Å². The molecule has 12 heavy (non-hydrogen) atoms. The maximum Gasteiger partial charge on any atom is 0.0866 e. The highest BCUT2D eigenvalue weighted by Gasteiger charge is 1.98. The Balaban J connectivity index is 2.45. The first-order chi connectivity index (χ1) is 5.74. The van der Waals surface area contributed by atoms with E-state index in [1.54, 1.807) is 0 Å². The molecule has 0 saturated carbocycles. The highest BCUT2D eigenvalue weighted by Crippen LogP contribution is 2.07. The first-order valence-electron chi connectivity index (χ1n) is 4.03. The number of nitrogens with zero attached hydrogens (tertiary/aromatic N) is 2. The molecule has 1 aromatic rings. The van der Waals surface area contributed by atoms with Gasteiger partial charge >= 0.3 is 0 Å². The molecule has 0 atom stereocenters. The molecular formula is C8H15N3S. The summed E-state index contributed by atoms with van der Waals surface area (Å²) >= 11 is 1.81. The van der Waals surface area contributed by atoms with Gasteiger partial charge in [0.25, 0.3) is 0 Å². The van der Waals surface area contributed by atoms with Gasteiger partial charge in [-0.15, -0.1) is 11.8 Å². The third-order valence-corrected chi connectivity index (χ3v) is 2.53. The summed E-state index contributed by atoms with van der Waals surface area (Å²) in [7, 11) is 0. The number of hydrogen-bond acceptors (Lipinski definition) is 3. The molecule has 2 N–H and O–H groups in total. The fraction of sp³-hybridized carbons (Fsp3) is 0.625. The van der Waals surface area contributed by atoms with Crippen molar-refractivity contribution >= 4 is 11.8 Å². The molecule has 68 valence electrons. The van der Waals surface area contributed by atoms with Crippen LogP contribution in [0.4, 0.5) is 0 Å². The van der Waals surface area contributed by atoms with Crippen molar-refractivity contribution in [1.82, 2.24) is 9.78 Å². The van der Waals surface area contributed by atoms with E-state index < -0.39 is 0 Å². The highest BCUT2D eigenvalue weighted by molar-refractivity contribution is 7.98. The zero-order chi connectivity index (χ0) is 8.97. The van der Waals surface area contributed by atoms with Gasteiger partial charge in [-0.2, -0.15) is 5.10 Å². The van der Waals surface area contributed by atoms with Crippen LogP contribution in [0, 0.1) is 13.8 Å². The second kappa shape index (κ2) is 4.52. The van der Waals surface area contributed by atoms with Gasteiger partial charge in [0.2, 0.25) is 0 Å². The second-order valence-corrected chi connectivity index (χ2v) is 3.83. The van der Waals surface area contributed by atoms with Crippen molar-refractivity contribution in [2.45, 2.75) is 19.7 Å². The fourth-order valence-electron chi connectivity index (χ4n) is 1.04. The van der Waals surface area contributed by atoms with Gasteiger partial charge in [0.1, 0.15) is 0 Å². The Morgan fingerprint density at radius 1 is 1.58 bits per heavy atom. The van der Waals surface area contributed by atoms with Crippen LogP contribution in [0.3, 0.4) is 0 Å². The Kier molecular flexibility index (Phi) is 3.62. The molecule has 0 radical (unpaired) electrons. The summed E-state index contributed by atoms with van der Waals surface area (Å²) in [5.41, 5.74) is 7.69. The molecule has 0 aromatic carbocycles. The predicted molar refractivity (Wildman–Crippen MR) is 53.2 cm³/mol. The zero-order valence-corrected chi connectivity index (χ0v) is 8.40. The van der Waals surface area contributed by atoms with Crippen molar-refractivity contribution in [3.05, 3.63) is 17.5 Å². The maximum atomic E-state index is 5.39. The van der Waals surface area contributed by atoms with Gasteiger partial charge in [0.15, 0.2) is 0 Å². The number of thioether (sulfide) groups is 1. The summed E-state index contributed by atoms with van der Waals surface area (Å²) in [6.07, 6.45) is 0. The second-order valence-electron chi connectivity index (χ2n) is 2.75. The zero-order valence-electron chi connectivity index (χ0n) is 7.58. The van der Waals surface area contributed by atoms with Crippen LogP contribution in [0.25, 0.3) is 0 Å². The van der Waals surface area contributed by atoms with Crippen LogP contribution in [0.15, 0.2) is 6.07 Å². The van der Waals surface area contributed by atoms with Crippen molar-refractivity contribution in [3.63, 3.8) is 0 Å². The van der Waals surface area contributed by atoms with Crippen LogP contribution in [0.5, 0.6) is 0 Å². The SMILES string of the molecule is Cc1cc(C)n(CSCCN)n1. The van der Waals surface area contributed by atoms with E-state index >= 15 is 0 Å². The van der Waals surface area contributed by atoms with Gasteiger partial charge in [-0.05, 0) is 19.9 Å². The molecular weight excluding hydrogens is 170 g/mol. The smallest absolute Gasteiger partial charge is 0.0866 e. The van der Waals surface area contributed by atoms with Gasteiger partial charge in [-0.25, -0.2) is 0 Å². The monoisotopic (exact) mass is 185 g/mol. The van der Waals surface area contributed by atoms with Crippen LogP contribution >= 0.6 is 11.8 Å². The lowest BCUT2D eigenvalue weighted by Gasteiger charge is -2.02. The van der Waals surface area contributed by atoms with Crippen molar-refractivity contribution in [1.29, 1.82) is 0 Å². The van der Waals surface area contributed by atoms with E-state index in [0.717, 1.165) is 23.9 Å². The molecule has 0 amide bonds. The third-order valence-electron chi connectivity index (χ3n) is 1.58. The fourth-order valence-corrected chi connectivity index (χ4v) is 1.77. The summed E-state index contributed by atoms with van der Waals surface area (Å²) in [6.45, 7) is 4.82. The molecule has 1 aromatic heterocycles. The molecule has 0 fully saturated rings. The highest BCUT2D eigenvalue weighted by atomic mass is 32.2. The van der Waals surface area contributed by atoms with Gasteiger partial charge in [-0.1, -0.05) is 0 Å². The standard InChI is InChI=1S/C8H15N3S/c1-7-5-8(2)11(10-7)6-12-4-3-9/h5H,3-4,6,9H2,1-2H3. The number of aryl methyl sites for hydroxylation is 2. The quantitative estimate of drug-likeness (QED) is 0.716. The molecule has 0 aliphatic rings. The minimum atomic E-state index is 0.740. The number of aromatic nitrogens is 2. The molecule has 4 heteroatoms. The van der Waals surface area contributed by atoms with Crippen LogP contribution in [0.2, 0.25) is 0 Å². The largest absolute Gasteiger partial charge is 0.330 e. The maximum absolute atomic E-state index is 5.39. The van der Waals surface area contributed by atoms with Crippen molar-refractivity contribution in [2.24, 2.45) is 5.73 Å². The molecule has 0 unspecified atom stereocenters. The van der Waals surface area contributed by atoms with Crippen molar-refractivity contribution in [3.8, 4) is 0 Å². The number of rotatable bonds is 4. The Hall–Kier alpha value is -0.480. The van der Waals surface area contributed by atoms with Gasteiger partial charge in [-0.3, -0.25) is 4.68 Å². The first-order valence-corrected chi connectivity index (χ1v) is 5.18. The minimum absolute atomic E-state index is 0.740. The molecule has 0 spiro atoms. The van der Waals surface area contributed by atoms with Crippen LogP contribution in [-0.4, -0.2) is 22.1 Å². The normalized spacial score (nSPS) is 10.6. The molecule has 0 saturated heterocycles. The molecule has 0 aliphatic heterocycles. The van der Waals surface area contributed by atoms with E-state index in [1.807, 2.05) is 23.4 Å². The van der Waals surface area contributed by atoms with E-state index in [9.17, 15) is 0 Å². The number of hydrogen-bond donors (Lipinski definition) is 1. The van der Waals surface area contributed by atoms with Crippen molar-refractivity contribution < 1.29 is 0 Å². The molecule has 1 heterocycles. The molecule has 1 rings (SSSR count). The molecule has 3 nitrogen and oxygen atoms in total. The Morgan fingerprint density at radius 2 is 2.33 bits per heavy atom. The van der Waals surface area contributed by atoms with E-state index in [1.165, 1.54) is 5.69 Å². The predicted octanol–water partition coefficient (Wildman–Crippen LogP) is 1.15. The lowest BCUT2D eigenvalue weighted by Crippen LogP contribution is -2.05. The van der Waals surface area contributed by atoms with E-state index in [2.05, 4.69) is 18.1 Å². The first kappa shape index (κ1) is 9.61. The average molecular weight is 185 g/mol. The minimum Gasteiger partial charge on any atom is -0.330 e. The molecule has 0 bridgehead atoms. The lowest BCUT2D eigenvalue weighted by molar-refractivity contribution is 0.716. The third kappa shape index (κ3) is 2.53. The van der Waals surface area contributed by atoms with Gasteiger partial charge < -0.3 is 5.73 Å². The van der Waals surface area contributed by atoms with Crippen LogP contribution in [0.1, 0.15) is 11.4 Å². The summed E-state index contributed by atoms with van der Waals surface area (Å²) in [6, 6.07) is 2.09. The molecule has 0 aliphatic carbocycles. The number of nitrogens with two attached hydrogens (primary N) is 1. The lowest BCUT2D eigenvalue weighted by atomic mass is 10.4. The summed E-state index contributed by atoms with van der Waals surface area (Å²) in [5.74, 6) is 1.91. The summed E-state index contributed by atoms with van der Waals surface area (Å²) < 4.78 is 2.01.